The molecule has 0 atom stereocenters. The zero-order valence-corrected chi connectivity index (χ0v) is 11.9. The summed E-state index contributed by atoms with van der Waals surface area (Å²) in [6, 6.07) is 18.0. The molecule has 0 spiro atoms. The minimum atomic E-state index is 0. The predicted octanol–water partition coefficient (Wildman–Crippen LogP) is 4.98. The van der Waals surface area contributed by atoms with Gasteiger partial charge in [-0.1, -0.05) is 48.5 Å². The summed E-state index contributed by atoms with van der Waals surface area (Å²) in [7, 11) is 0. The summed E-state index contributed by atoms with van der Waals surface area (Å²) in [6.45, 7) is 0. The van der Waals surface area contributed by atoms with Crippen LogP contribution in [-0.2, 0) is 12.8 Å². The van der Waals surface area contributed by atoms with Gasteiger partial charge in [0.1, 0.15) is 0 Å². The summed E-state index contributed by atoms with van der Waals surface area (Å²) < 4.78 is 0. The van der Waals surface area contributed by atoms with Crippen molar-refractivity contribution in [3.8, 4) is 0 Å². The van der Waals surface area contributed by atoms with Gasteiger partial charge in [0.2, 0.25) is 0 Å². The summed E-state index contributed by atoms with van der Waals surface area (Å²) >= 11 is 0. The van der Waals surface area contributed by atoms with Gasteiger partial charge in [-0.2, -0.15) is 13.5 Å². The maximum absolute atomic E-state index is 2.35. The molecule has 0 nitrogen and oxygen atoms in total. The van der Waals surface area contributed by atoms with Crippen molar-refractivity contribution in [2.45, 2.75) is 25.7 Å². The normalized spacial score (nSPS) is 14.1. The molecule has 0 unspecified atom stereocenters. The van der Waals surface area contributed by atoms with Crippen LogP contribution in [0, 0.1) is 0 Å². The molecule has 1 aliphatic rings. The van der Waals surface area contributed by atoms with E-state index in [2.05, 4.69) is 48.5 Å². The van der Waals surface area contributed by atoms with Crippen LogP contribution in [-0.4, -0.2) is 0 Å². The molecule has 3 aromatic carbocycles. The Morgan fingerprint density at radius 2 is 1.42 bits per heavy atom. The SMILES string of the molecule is S.c1ccc2c(c1)ccc1c3c(ccc12)CCCC3. The van der Waals surface area contributed by atoms with E-state index >= 15 is 0 Å². The molecule has 0 saturated carbocycles. The standard InChI is InChI=1S/C18H16.H2S/c1-3-7-15-13(5-1)9-11-18-16-8-4-2-6-14(16)10-12-17(15)18;/h1,3,5,7,9-12H,2,4,6,8H2;1H2. The number of hydrogen-bond donors (Lipinski definition) is 0. The Kier molecular flexibility index (Phi) is 3.24. The molecule has 0 bridgehead atoms. The first-order valence-corrected chi connectivity index (χ1v) is 6.86. The molecule has 0 aliphatic heterocycles. The molecule has 0 aromatic heterocycles. The van der Waals surface area contributed by atoms with Crippen LogP contribution in [0.2, 0.25) is 0 Å². The number of aryl methyl sites for hydroxylation is 2. The highest BCUT2D eigenvalue weighted by atomic mass is 32.1. The second-order valence-electron chi connectivity index (χ2n) is 5.29. The largest absolute Gasteiger partial charge is 0.197 e. The van der Waals surface area contributed by atoms with Crippen LogP contribution in [0.3, 0.4) is 0 Å². The summed E-state index contributed by atoms with van der Waals surface area (Å²) in [5.74, 6) is 0. The van der Waals surface area contributed by atoms with Gasteiger partial charge >= 0.3 is 0 Å². The third kappa shape index (κ3) is 1.93. The van der Waals surface area contributed by atoms with Crippen molar-refractivity contribution in [2.24, 2.45) is 0 Å². The van der Waals surface area contributed by atoms with E-state index in [0.29, 0.717) is 0 Å². The molecule has 0 fully saturated rings. The van der Waals surface area contributed by atoms with Gasteiger partial charge in [0, 0.05) is 0 Å². The molecule has 0 heterocycles. The van der Waals surface area contributed by atoms with Crippen molar-refractivity contribution in [3.63, 3.8) is 0 Å². The van der Waals surface area contributed by atoms with E-state index in [9.17, 15) is 0 Å². The van der Waals surface area contributed by atoms with Gasteiger partial charge in [0.15, 0.2) is 0 Å². The van der Waals surface area contributed by atoms with Crippen LogP contribution in [0.4, 0.5) is 0 Å². The van der Waals surface area contributed by atoms with Gasteiger partial charge in [0.05, 0.1) is 0 Å². The van der Waals surface area contributed by atoms with Crippen molar-refractivity contribution in [1.29, 1.82) is 0 Å². The van der Waals surface area contributed by atoms with Crippen molar-refractivity contribution in [2.75, 3.05) is 0 Å². The summed E-state index contributed by atoms with van der Waals surface area (Å²) in [4.78, 5) is 0. The molecule has 0 radical (unpaired) electrons. The van der Waals surface area contributed by atoms with E-state index in [0.717, 1.165) is 0 Å². The summed E-state index contributed by atoms with van der Waals surface area (Å²) in [6.07, 6.45) is 5.22. The monoisotopic (exact) mass is 266 g/mol. The second kappa shape index (κ2) is 4.90. The molecule has 19 heavy (non-hydrogen) atoms. The van der Waals surface area contributed by atoms with Gasteiger partial charge in [-0.15, -0.1) is 0 Å². The maximum Gasteiger partial charge on any atom is -0.0102 e. The van der Waals surface area contributed by atoms with Gasteiger partial charge in [0.25, 0.3) is 0 Å². The molecule has 1 heteroatoms. The minimum Gasteiger partial charge on any atom is -0.197 e. The van der Waals surface area contributed by atoms with Crippen molar-refractivity contribution in [1.82, 2.24) is 0 Å². The second-order valence-corrected chi connectivity index (χ2v) is 5.29. The number of rotatable bonds is 0. The highest BCUT2D eigenvalue weighted by Crippen LogP contribution is 2.32. The number of fused-ring (bicyclic) bond motifs is 5. The first-order valence-electron chi connectivity index (χ1n) is 6.86. The summed E-state index contributed by atoms with van der Waals surface area (Å²) in [5.41, 5.74) is 3.17. The van der Waals surface area contributed by atoms with Crippen molar-refractivity contribution < 1.29 is 0 Å². The molecule has 96 valence electrons. The molecule has 4 rings (SSSR count). The lowest BCUT2D eigenvalue weighted by molar-refractivity contribution is 0.690. The van der Waals surface area contributed by atoms with Crippen LogP contribution >= 0.6 is 13.5 Å². The van der Waals surface area contributed by atoms with Gasteiger partial charge in [-0.05, 0) is 58.4 Å². The van der Waals surface area contributed by atoms with Crippen LogP contribution in [0.5, 0.6) is 0 Å². The van der Waals surface area contributed by atoms with Crippen molar-refractivity contribution in [3.05, 3.63) is 59.7 Å². The lowest BCUT2D eigenvalue weighted by Crippen LogP contribution is -2.02. The Labute approximate surface area is 120 Å². The summed E-state index contributed by atoms with van der Waals surface area (Å²) in [5, 5.41) is 5.64. The Hall–Kier alpha value is -1.47. The van der Waals surface area contributed by atoms with Crippen LogP contribution in [0.25, 0.3) is 21.5 Å². The first kappa shape index (κ1) is 12.6. The lowest BCUT2D eigenvalue weighted by atomic mass is 9.86. The molecule has 0 saturated heterocycles. The first-order chi connectivity index (χ1) is 8.93. The van der Waals surface area contributed by atoms with Crippen LogP contribution in [0.1, 0.15) is 24.0 Å². The van der Waals surface area contributed by atoms with E-state index in [1.165, 1.54) is 47.2 Å². The molecular weight excluding hydrogens is 248 g/mol. The van der Waals surface area contributed by atoms with E-state index in [4.69, 9.17) is 0 Å². The molecule has 1 aliphatic carbocycles. The van der Waals surface area contributed by atoms with Gasteiger partial charge in [-0.25, -0.2) is 0 Å². The zero-order chi connectivity index (χ0) is 11.9. The Balaban J connectivity index is 0.00000110. The van der Waals surface area contributed by atoms with Gasteiger partial charge in [-0.3, -0.25) is 0 Å². The van der Waals surface area contributed by atoms with E-state index in [-0.39, 0.29) is 13.5 Å². The fourth-order valence-electron chi connectivity index (χ4n) is 3.34. The smallest absolute Gasteiger partial charge is 0.0102 e. The van der Waals surface area contributed by atoms with Crippen molar-refractivity contribution >= 4 is 35.0 Å². The fourth-order valence-corrected chi connectivity index (χ4v) is 3.34. The molecule has 0 amide bonds. The average Bonchev–Trinajstić information content (AvgIpc) is 2.46. The third-order valence-corrected chi connectivity index (χ3v) is 4.26. The predicted molar refractivity (Wildman–Crippen MR) is 88.5 cm³/mol. The van der Waals surface area contributed by atoms with Gasteiger partial charge < -0.3 is 0 Å². The Bertz CT molecular complexity index is 743. The quantitative estimate of drug-likeness (QED) is 0.503. The highest BCUT2D eigenvalue weighted by Gasteiger charge is 2.12. The number of benzene rings is 3. The topological polar surface area (TPSA) is 0 Å². The lowest BCUT2D eigenvalue weighted by Gasteiger charge is -2.18. The molecular formula is C18H18S. The highest BCUT2D eigenvalue weighted by molar-refractivity contribution is 7.59. The fraction of sp³-hybridized carbons (Fsp3) is 0.222. The minimum absolute atomic E-state index is 0. The Morgan fingerprint density at radius 3 is 2.37 bits per heavy atom. The number of hydrogen-bond acceptors (Lipinski definition) is 0. The van der Waals surface area contributed by atoms with Crippen LogP contribution < -0.4 is 0 Å². The van der Waals surface area contributed by atoms with E-state index in [1.807, 2.05) is 0 Å². The van der Waals surface area contributed by atoms with E-state index in [1.54, 1.807) is 11.1 Å². The average molecular weight is 266 g/mol. The van der Waals surface area contributed by atoms with Crippen LogP contribution in [0.15, 0.2) is 48.5 Å². The Morgan fingerprint density at radius 1 is 0.632 bits per heavy atom. The third-order valence-electron chi connectivity index (χ3n) is 4.26. The molecule has 0 N–H and O–H groups in total. The maximum atomic E-state index is 2.35. The molecule has 3 aromatic rings. The zero-order valence-electron chi connectivity index (χ0n) is 10.9. The van der Waals surface area contributed by atoms with E-state index < -0.39 is 0 Å².